The van der Waals surface area contributed by atoms with Crippen LogP contribution in [0.25, 0.3) is 0 Å². The fourth-order valence-corrected chi connectivity index (χ4v) is 4.92. The van der Waals surface area contributed by atoms with Crippen LogP contribution < -0.4 is 15.0 Å². The Morgan fingerprint density at radius 1 is 0.886 bits per heavy atom. The molecule has 6 nitrogen and oxygen atoms in total. The van der Waals surface area contributed by atoms with Gasteiger partial charge in [0.1, 0.15) is 11.6 Å². The molecule has 188 valence electrons. The van der Waals surface area contributed by atoms with Crippen molar-refractivity contribution in [2.24, 2.45) is 5.92 Å². The van der Waals surface area contributed by atoms with E-state index < -0.39 is 0 Å². The Bertz CT molecular complexity index is 950. The van der Waals surface area contributed by atoms with E-state index in [4.69, 9.17) is 4.74 Å². The van der Waals surface area contributed by atoms with Gasteiger partial charge in [-0.05, 0) is 60.9 Å². The number of ether oxygens (including phenoxy) is 1. The van der Waals surface area contributed by atoms with E-state index >= 15 is 0 Å². The maximum atomic E-state index is 13.1. The number of nitrogens with one attached hydrogen (secondary N) is 1. The summed E-state index contributed by atoms with van der Waals surface area (Å²) in [5, 5.41) is 2.86. The van der Waals surface area contributed by atoms with Gasteiger partial charge in [-0.15, -0.1) is 0 Å². The molecular formula is C28H36FN3O3. The van der Waals surface area contributed by atoms with Gasteiger partial charge in [0.05, 0.1) is 6.61 Å². The summed E-state index contributed by atoms with van der Waals surface area (Å²) in [4.78, 5) is 28.8. The van der Waals surface area contributed by atoms with Crippen molar-refractivity contribution in [1.82, 2.24) is 4.90 Å². The molecule has 2 aliphatic rings. The Hall–Kier alpha value is -3.09. The third-order valence-electron chi connectivity index (χ3n) is 7.05. The Labute approximate surface area is 207 Å². The third kappa shape index (κ3) is 7.70. The number of rotatable bonds is 9. The molecule has 0 atom stereocenters. The van der Waals surface area contributed by atoms with Crippen molar-refractivity contribution in [1.29, 1.82) is 0 Å². The largest absolute Gasteiger partial charge is 0.494 e. The average molecular weight is 482 g/mol. The lowest BCUT2D eigenvalue weighted by molar-refractivity contribution is -0.133. The molecular weight excluding hydrogens is 445 g/mol. The molecule has 1 aliphatic heterocycles. The molecule has 0 bridgehead atoms. The van der Waals surface area contributed by atoms with Gasteiger partial charge in [-0.3, -0.25) is 9.59 Å². The number of piperazine rings is 1. The van der Waals surface area contributed by atoms with Gasteiger partial charge in [-0.1, -0.05) is 32.1 Å². The second-order valence-electron chi connectivity index (χ2n) is 9.56. The van der Waals surface area contributed by atoms with Crippen LogP contribution in [-0.4, -0.2) is 49.5 Å². The number of hydrogen-bond donors (Lipinski definition) is 1. The topological polar surface area (TPSA) is 61.9 Å². The Morgan fingerprint density at radius 2 is 1.57 bits per heavy atom. The van der Waals surface area contributed by atoms with Crippen molar-refractivity contribution in [2.45, 2.75) is 51.4 Å². The molecule has 2 amide bonds. The lowest BCUT2D eigenvalue weighted by Gasteiger charge is -2.36. The quantitative estimate of drug-likeness (QED) is 0.532. The van der Waals surface area contributed by atoms with Crippen molar-refractivity contribution >= 4 is 23.2 Å². The molecule has 0 aromatic heterocycles. The first-order valence-corrected chi connectivity index (χ1v) is 12.9. The van der Waals surface area contributed by atoms with Crippen LogP contribution in [0.5, 0.6) is 5.75 Å². The zero-order valence-electron chi connectivity index (χ0n) is 20.4. The summed E-state index contributed by atoms with van der Waals surface area (Å²) in [6, 6.07) is 13.8. The number of carbonyl (C=O) groups excluding carboxylic acids is 2. The van der Waals surface area contributed by atoms with Crippen molar-refractivity contribution in [3.05, 3.63) is 54.3 Å². The summed E-state index contributed by atoms with van der Waals surface area (Å²) in [6.07, 6.45) is 8.15. The first-order valence-electron chi connectivity index (χ1n) is 12.9. The predicted molar refractivity (Wildman–Crippen MR) is 136 cm³/mol. The normalized spacial score (nSPS) is 16.7. The molecule has 7 heteroatoms. The summed E-state index contributed by atoms with van der Waals surface area (Å²) in [5.41, 5.74) is 1.66. The maximum Gasteiger partial charge on any atom is 0.224 e. The van der Waals surface area contributed by atoms with Gasteiger partial charge in [0.25, 0.3) is 0 Å². The first-order chi connectivity index (χ1) is 17.1. The van der Waals surface area contributed by atoms with Crippen LogP contribution in [0, 0.1) is 11.7 Å². The molecule has 0 radical (unpaired) electrons. The highest BCUT2D eigenvalue weighted by Gasteiger charge is 2.22. The first kappa shape index (κ1) is 25.0. The second-order valence-corrected chi connectivity index (χ2v) is 9.56. The molecule has 35 heavy (non-hydrogen) atoms. The smallest absolute Gasteiger partial charge is 0.224 e. The van der Waals surface area contributed by atoms with Crippen LogP contribution in [0.3, 0.4) is 0 Å². The number of benzene rings is 2. The second kappa shape index (κ2) is 12.6. The van der Waals surface area contributed by atoms with Gasteiger partial charge in [-0.25, -0.2) is 4.39 Å². The van der Waals surface area contributed by atoms with Crippen LogP contribution >= 0.6 is 0 Å². The maximum absolute atomic E-state index is 13.1. The minimum Gasteiger partial charge on any atom is -0.494 e. The summed E-state index contributed by atoms with van der Waals surface area (Å²) >= 11 is 0. The van der Waals surface area contributed by atoms with Crippen molar-refractivity contribution in [3.8, 4) is 5.75 Å². The van der Waals surface area contributed by atoms with Gasteiger partial charge < -0.3 is 19.9 Å². The summed E-state index contributed by atoms with van der Waals surface area (Å²) in [6.45, 7) is 3.31. The lowest BCUT2D eigenvalue weighted by atomic mass is 9.87. The molecule has 2 aromatic carbocycles. The van der Waals surface area contributed by atoms with E-state index in [1.807, 2.05) is 24.3 Å². The van der Waals surface area contributed by atoms with Gasteiger partial charge in [0, 0.05) is 50.4 Å². The average Bonchev–Trinajstić information content (AvgIpc) is 2.89. The minimum absolute atomic E-state index is 0.0133. The van der Waals surface area contributed by atoms with Gasteiger partial charge >= 0.3 is 0 Å². The van der Waals surface area contributed by atoms with Crippen LogP contribution in [0.15, 0.2) is 48.5 Å². The number of halogens is 1. The standard InChI is InChI=1S/C28H36FN3O3/c29-23-6-10-25(11-7-23)31-17-19-32(20-18-31)28(34)15-14-27(33)30-24-8-12-26(13-9-24)35-21-16-22-4-2-1-3-5-22/h6-13,22H,1-5,14-21H2,(H,30,33). The van der Waals surface area contributed by atoms with E-state index in [0.717, 1.165) is 30.4 Å². The SMILES string of the molecule is O=C(CCC(=O)N1CCN(c2ccc(F)cc2)CC1)Nc1ccc(OCCC2CCCCC2)cc1. The number of nitrogens with zero attached hydrogens (tertiary/aromatic N) is 2. The molecule has 0 spiro atoms. The zero-order valence-corrected chi connectivity index (χ0v) is 20.4. The number of hydrogen-bond acceptors (Lipinski definition) is 4. The number of anilines is 2. The summed E-state index contributed by atoms with van der Waals surface area (Å²) in [7, 11) is 0. The number of amides is 2. The van der Waals surface area contributed by atoms with Crippen molar-refractivity contribution in [3.63, 3.8) is 0 Å². The molecule has 0 unspecified atom stereocenters. The fraction of sp³-hybridized carbons (Fsp3) is 0.500. The summed E-state index contributed by atoms with van der Waals surface area (Å²) in [5.74, 6) is 1.17. The zero-order chi connectivity index (χ0) is 24.5. The van der Waals surface area contributed by atoms with Crippen LogP contribution in [0.4, 0.5) is 15.8 Å². The highest BCUT2D eigenvalue weighted by Crippen LogP contribution is 2.26. The predicted octanol–water partition coefficient (Wildman–Crippen LogP) is 5.24. The molecule has 2 fully saturated rings. The third-order valence-corrected chi connectivity index (χ3v) is 7.05. The van der Waals surface area contributed by atoms with Crippen LogP contribution in [0.2, 0.25) is 0 Å². The van der Waals surface area contributed by atoms with Gasteiger partial charge in [0.2, 0.25) is 11.8 Å². The molecule has 4 rings (SSSR count). The van der Waals surface area contributed by atoms with Crippen molar-refractivity contribution < 1.29 is 18.7 Å². The molecule has 1 saturated carbocycles. The van der Waals surface area contributed by atoms with E-state index in [9.17, 15) is 14.0 Å². The van der Waals surface area contributed by atoms with Gasteiger partial charge in [-0.2, -0.15) is 0 Å². The van der Waals surface area contributed by atoms with E-state index in [-0.39, 0.29) is 30.5 Å². The molecule has 1 aliphatic carbocycles. The Balaban J connectivity index is 1.12. The monoisotopic (exact) mass is 481 g/mol. The number of carbonyl (C=O) groups is 2. The Morgan fingerprint density at radius 3 is 2.26 bits per heavy atom. The highest BCUT2D eigenvalue weighted by atomic mass is 19.1. The van der Waals surface area contributed by atoms with Gasteiger partial charge in [0.15, 0.2) is 0 Å². The Kier molecular flexibility index (Phi) is 8.98. The summed E-state index contributed by atoms with van der Waals surface area (Å²) < 4.78 is 19.0. The highest BCUT2D eigenvalue weighted by molar-refractivity contribution is 5.93. The lowest BCUT2D eigenvalue weighted by Crippen LogP contribution is -2.48. The molecule has 2 aromatic rings. The molecule has 1 N–H and O–H groups in total. The minimum atomic E-state index is -0.255. The van der Waals surface area contributed by atoms with Crippen LogP contribution in [-0.2, 0) is 9.59 Å². The molecule has 1 saturated heterocycles. The van der Waals surface area contributed by atoms with Crippen molar-refractivity contribution in [2.75, 3.05) is 43.0 Å². The van der Waals surface area contributed by atoms with E-state index in [2.05, 4.69) is 10.2 Å². The fourth-order valence-electron chi connectivity index (χ4n) is 4.92. The van der Waals surface area contributed by atoms with Crippen LogP contribution in [0.1, 0.15) is 51.4 Å². The van der Waals surface area contributed by atoms with E-state index in [1.165, 1.54) is 44.2 Å². The van der Waals surface area contributed by atoms with E-state index in [0.29, 0.717) is 31.9 Å². The van der Waals surface area contributed by atoms with E-state index in [1.54, 1.807) is 17.0 Å². The molecule has 1 heterocycles.